The van der Waals surface area contributed by atoms with E-state index in [4.69, 9.17) is 0 Å². The first-order chi connectivity index (χ1) is 11.0. The van der Waals surface area contributed by atoms with E-state index in [1.807, 2.05) is 6.92 Å². The number of carbonyl (C=O) groups excluding carboxylic acids is 2. The maximum Gasteiger partial charge on any atom is 0.261 e. The van der Waals surface area contributed by atoms with Crippen LogP contribution in [0.1, 0.15) is 72.4 Å². The van der Waals surface area contributed by atoms with Gasteiger partial charge in [-0.2, -0.15) is 0 Å². The molecular formula is C18H24N2O3. The largest absolute Gasteiger partial charge is 0.349 e. The van der Waals surface area contributed by atoms with Gasteiger partial charge in [0, 0.05) is 23.7 Å². The number of rotatable bonds is 2. The fourth-order valence-electron chi connectivity index (χ4n) is 3.77. The zero-order valence-corrected chi connectivity index (χ0v) is 13.8. The molecule has 1 fully saturated rings. The number of carbonyl (C=O) groups is 2. The van der Waals surface area contributed by atoms with Gasteiger partial charge in [-0.1, -0.05) is 26.7 Å². The third-order valence-electron chi connectivity index (χ3n) is 5.18. The number of nitrogens with one attached hydrogen (secondary N) is 2. The summed E-state index contributed by atoms with van der Waals surface area (Å²) in [5, 5.41) is 2.99. The van der Waals surface area contributed by atoms with Crippen LogP contribution >= 0.6 is 0 Å². The van der Waals surface area contributed by atoms with E-state index in [9.17, 15) is 14.4 Å². The normalized spacial score (nSPS) is 27.4. The van der Waals surface area contributed by atoms with Crippen LogP contribution in [0.5, 0.6) is 0 Å². The third kappa shape index (κ3) is 3.23. The van der Waals surface area contributed by atoms with Crippen LogP contribution in [0.3, 0.4) is 0 Å². The number of aromatic amines is 1. The Morgan fingerprint density at radius 1 is 1.17 bits per heavy atom. The van der Waals surface area contributed by atoms with Crippen molar-refractivity contribution in [3.63, 3.8) is 0 Å². The van der Waals surface area contributed by atoms with Gasteiger partial charge in [-0.05, 0) is 37.2 Å². The number of hydrogen-bond acceptors (Lipinski definition) is 3. The second-order valence-corrected chi connectivity index (χ2v) is 7.18. The minimum absolute atomic E-state index is 0.00934. The SMILES string of the molecule is C[C@@H]1CC(=O)c2cc(C(=O)N[C@H]3CCCC[C@@H]3C)c(=O)[nH]c2C1. The number of fused-ring (bicyclic) bond motifs is 1. The molecule has 5 nitrogen and oxygen atoms in total. The molecule has 0 spiro atoms. The lowest BCUT2D eigenvalue weighted by atomic mass is 9.85. The molecule has 3 atom stereocenters. The second kappa shape index (κ2) is 6.30. The molecule has 1 aromatic rings. The van der Waals surface area contributed by atoms with E-state index >= 15 is 0 Å². The average molecular weight is 316 g/mol. The Kier molecular flexibility index (Phi) is 4.37. The molecule has 0 saturated heterocycles. The van der Waals surface area contributed by atoms with Crippen LogP contribution in [0.2, 0.25) is 0 Å². The van der Waals surface area contributed by atoms with Crippen molar-refractivity contribution in [2.45, 2.75) is 58.4 Å². The van der Waals surface area contributed by atoms with Crippen molar-refractivity contribution < 1.29 is 9.59 Å². The van der Waals surface area contributed by atoms with Crippen LogP contribution in [-0.4, -0.2) is 22.7 Å². The summed E-state index contributed by atoms with van der Waals surface area (Å²) in [6.07, 6.45) is 5.50. The molecule has 0 radical (unpaired) electrons. The highest BCUT2D eigenvalue weighted by Gasteiger charge is 2.28. The highest BCUT2D eigenvalue weighted by molar-refractivity contribution is 6.01. The van der Waals surface area contributed by atoms with E-state index in [-0.39, 0.29) is 29.2 Å². The maximum atomic E-state index is 12.5. The zero-order valence-electron chi connectivity index (χ0n) is 13.8. The monoisotopic (exact) mass is 316 g/mol. The molecule has 23 heavy (non-hydrogen) atoms. The number of hydrogen-bond donors (Lipinski definition) is 2. The van der Waals surface area contributed by atoms with E-state index in [1.54, 1.807) is 0 Å². The first-order valence-corrected chi connectivity index (χ1v) is 8.56. The van der Waals surface area contributed by atoms with Crippen LogP contribution in [0, 0.1) is 11.8 Å². The maximum absolute atomic E-state index is 12.5. The number of ketones is 1. The fraction of sp³-hybridized carbons (Fsp3) is 0.611. The molecular weight excluding hydrogens is 292 g/mol. The molecule has 1 amide bonds. The summed E-state index contributed by atoms with van der Waals surface area (Å²) in [6, 6.07) is 1.60. The van der Waals surface area contributed by atoms with Crippen LogP contribution in [0.25, 0.3) is 0 Å². The Morgan fingerprint density at radius 3 is 2.65 bits per heavy atom. The third-order valence-corrected chi connectivity index (χ3v) is 5.18. The van der Waals surface area contributed by atoms with Gasteiger partial charge in [0.25, 0.3) is 11.5 Å². The molecule has 0 aliphatic heterocycles. The molecule has 2 N–H and O–H groups in total. The average Bonchev–Trinajstić information content (AvgIpc) is 2.48. The van der Waals surface area contributed by atoms with Gasteiger partial charge in [0.05, 0.1) is 0 Å². The molecule has 2 aliphatic rings. The van der Waals surface area contributed by atoms with Crippen molar-refractivity contribution in [1.29, 1.82) is 0 Å². The van der Waals surface area contributed by atoms with E-state index in [0.717, 1.165) is 19.3 Å². The lowest BCUT2D eigenvalue weighted by Gasteiger charge is -2.29. The topological polar surface area (TPSA) is 79.0 Å². The fourth-order valence-corrected chi connectivity index (χ4v) is 3.77. The van der Waals surface area contributed by atoms with Gasteiger partial charge in [0.1, 0.15) is 5.56 Å². The van der Waals surface area contributed by atoms with Crippen molar-refractivity contribution >= 4 is 11.7 Å². The highest BCUT2D eigenvalue weighted by Crippen LogP contribution is 2.25. The van der Waals surface area contributed by atoms with E-state index < -0.39 is 5.56 Å². The standard InChI is InChI=1S/C18H24N2O3/c1-10-7-15-12(16(21)8-10)9-13(18(23)20-15)17(22)19-14-6-4-3-5-11(14)2/h9-11,14H,3-8H2,1-2H3,(H,19,22)(H,20,23)/t10-,11-,14-/m0/s1. The van der Waals surface area contributed by atoms with Crippen LogP contribution in [0.15, 0.2) is 10.9 Å². The predicted octanol–water partition coefficient (Wildman–Crippen LogP) is 2.45. The minimum atomic E-state index is -0.397. The first kappa shape index (κ1) is 16.0. The lowest BCUT2D eigenvalue weighted by Crippen LogP contribution is -2.43. The Bertz CT molecular complexity index is 692. The molecule has 2 aliphatic carbocycles. The van der Waals surface area contributed by atoms with Crippen molar-refractivity contribution in [2.75, 3.05) is 0 Å². The number of Topliss-reactive ketones (excluding diaryl/α,β-unsaturated/α-hetero) is 1. The van der Waals surface area contributed by atoms with Crippen LogP contribution in [0.4, 0.5) is 0 Å². The molecule has 124 valence electrons. The summed E-state index contributed by atoms with van der Waals surface area (Å²) in [6.45, 7) is 4.12. The molecule has 3 rings (SSSR count). The Labute approximate surface area is 135 Å². The molecule has 5 heteroatoms. The van der Waals surface area contributed by atoms with Gasteiger partial charge in [0.2, 0.25) is 0 Å². The summed E-state index contributed by atoms with van der Waals surface area (Å²) in [7, 11) is 0. The predicted molar refractivity (Wildman–Crippen MR) is 87.8 cm³/mol. The van der Waals surface area contributed by atoms with Gasteiger partial charge in [-0.25, -0.2) is 0 Å². The van der Waals surface area contributed by atoms with Gasteiger partial charge < -0.3 is 10.3 Å². The summed E-state index contributed by atoms with van der Waals surface area (Å²) >= 11 is 0. The smallest absolute Gasteiger partial charge is 0.261 e. The summed E-state index contributed by atoms with van der Waals surface area (Å²) in [5.41, 5.74) is 0.835. The van der Waals surface area contributed by atoms with Crippen LogP contribution < -0.4 is 10.9 Å². The van der Waals surface area contributed by atoms with Gasteiger partial charge in [-0.3, -0.25) is 14.4 Å². The molecule has 0 bridgehead atoms. The van der Waals surface area contributed by atoms with Gasteiger partial charge >= 0.3 is 0 Å². The van der Waals surface area contributed by atoms with E-state index in [2.05, 4.69) is 17.2 Å². The van der Waals surface area contributed by atoms with Crippen molar-refractivity contribution in [1.82, 2.24) is 10.3 Å². The molecule has 1 heterocycles. The Morgan fingerprint density at radius 2 is 1.91 bits per heavy atom. The van der Waals surface area contributed by atoms with Crippen molar-refractivity contribution in [2.24, 2.45) is 11.8 Å². The van der Waals surface area contributed by atoms with E-state index in [1.165, 1.54) is 12.5 Å². The van der Waals surface area contributed by atoms with Crippen molar-refractivity contribution in [3.05, 3.63) is 33.2 Å². The quantitative estimate of drug-likeness (QED) is 0.879. The number of amides is 1. The molecule has 0 aromatic carbocycles. The van der Waals surface area contributed by atoms with Gasteiger partial charge in [-0.15, -0.1) is 0 Å². The lowest BCUT2D eigenvalue weighted by molar-refractivity contribution is 0.0908. The highest BCUT2D eigenvalue weighted by atomic mass is 16.2. The van der Waals surface area contributed by atoms with Gasteiger partial charge in [0.15, 0.2) is 5.78 Å². The number of aromatic nitrogens is 1. The number of pyridine rings is 1. The second-order valence-electron chi connectivity index (χ2n) is 7.18. The Balaban J connectivity index is 1.85. The first-order valence-electron chi connectivity index (χ1n) is 8.56. The summed E-state index contributed by atoms with van der Waals surface area (Å²) in [5.74, 6) is 0.301. The molecule has 1 saturated carbocycles. The van der Waals surface area contributed by atoms with Crippen LogP contribution in [-0.2, 0) is 6.42 Å². The minimum Gasteiger partial charge on any atom is -0.349 e. The van der Waals surface area contributed by atoms with Crippen molar-refractivity contribution in [3.8, 4) is 0 Å². The summed E-state index contributed by atoms with van der Waals surface area (Å²) in [4.78, 5) is 39.7. The number of H-pyrrole nitrogens is 1. The zero-order chi connectivity index (χ0) is 16.6. The Hall–Kier alpha value is -1.91. The summed E-state index contributed by atoms with van der Waals surface area (Å²) < 4.78 is 0. The molecule has 1 aromatic heterocycles. The molecule has 0 unspecified atom stereocenters. The van der Waals surface area contributed by atoms with E-state index in [0.29, 0.717) is 30.0 Å².